The first kappa shape index (κ1) is 54.8. The number of aliphatic imine (C=N–C) groups is 3. The number of hydrogen-bond acceptors (Lipinski definition) is 11. The number of nitrogens with zero attached hydrogens (tertiary/aromatic N) is 9. The summed E-state index contributed by atoms with van der Waals surface area (Å²) in [6.07, 6.45) is 21.6. The van der Waals surface area contributed by atoms with E-state index >= 15 is 8.78 Å². The third kappa shape index (κ3) is 10.0. The van der Waals surface area contributed by atoms with E-state index < -0.39 is 53.5 Å². The molecule has 0 saturated carbocycles. The Morgan fingerprint density at radius 3 is 1.10 bits per heavy atom. The summed E-state index contributed by atoms with van der Waals surface area (Å²) >= 11 is 0. The molecular weight excluding hydrogens is 1070 g/mol. The molecule has 9 aromatic rings. The molecule has 3 atom stereocenters. The maximum atomic E-state index is 15.1. The van der Waals surface area contributed by atoms with Crippen LogP contribution < -0.4 is 0 Å². The van der Waals surface area contributed by atoms with E-state index in [0.29, 0.717) is 101 Å². The highest BCUT2D eigenvalue weighted by molar-refractivity contribution is 6.17. The van der Waals surface area contributed by atoms with Crippen molar-refractivity contribution in [2.45, 2.75) is 45.3 Å². The zero-order valence-corrected chi connectivity index (χ0v) is 45.1. The van der Waals surface area contributed by atoms with Gasteiger partial charge >= 0.3 is 17.9 Å². The molecule has 6 heterocycles. The van der Waals surface area contributed by atoms with Crippen molar-refractivity contribution in [3.63, 3.8) is 0 Å². The second-order valence-corrected chi connectivity index (χ2v) is 19.5. The lowest BCUT2D eigenvalue weighted by atomic mass is 9.98. The van der Waals surface area contributed by atoms with Gasteiger partial charge in [-0.2, -0.15) is 0 Å². The van der Waals surface area contributed by atoms with Gasteiger partial charge in [-0.3, -0.25) is 28.7 Å². The molecule has 412 valence electrons. The molecule has 18 heteroatoms. The topological polar surface area (TPSA) is 180 Å². The van der Waals surface area contributed by atoms with Crippen LogP contribution in [0.2, 0.25) is 0 Å². The van der Waals surface area contributed by atoms with Gasteiger partial charge in [-0.25, -0.2) is 42.5 Å². The summed E-state index contributed by atoms with van der Waals surface area (Å²) in [5.41, 5.74) is 8.95. The predicted molar refractivity (Wildman–Crippen MR) is 308 cm³/mol. The molecule has 15 nitrogen and oxygen atoms in total. The first-order chi connectivity index (χ1) is 40.7. The number of halogens is 3. The Kier molecular flexibility index (Phi) is 14.8. The monoisotopic (exact) mass is 1120 g/mol. The SMILES string of the molecule is C#Cc1ccc2c(c1)C(c1ccccc1F)=N[C@@H](C)c1c(C(=O)O)ncn1-2.C#Cc1ccc2c(c1)C(c1ccccc1F)=N[C@@H](C)c1c(C(=O)OCCCOC(=O)c3ncn4c3[C@H](C)N=C(c3ccccc3F)c3cc(C#C)ccc3-4)ncn1-2. The van der Waals surface area contributed by atoms with Crippen LogP contribution in [0, 0.1) is 54.5 Å². The number of fused-ring (bicyclic) bond motifs is 9. The molecule has 0 bridgehead atoms. The second kappa shape index (κ2) is 22.8. The zero-order chi connectivity index (χ0) is 58.9. The Bertz CT molecular complexity index is 4240. The minimum atomic E-state index is -1.14. The van der Waals surface area contributed by atoms with E-state index in [1.54, 1.807) is 144 Å². The fourth-order valence-electron chi connectivity index (χ4n) is 10.5. The highest BCUT2D eigenvalue weighted by Gasteiger charge is 2.34. The molecule has 3 aromatic heterocycles. The smallest absolute Gasteiger partial charge is 0.358 e. The van der Waals surface area contributed by atoms with E-state index in [-0.39, 0.29) is 36.7 Å². The number of aromatic nitrogens is 6. The number of aromatic carboxylic acids is 1. The van der Waals surface area contributed by atoms with Gasteiger partial charge in [0.05, 0.1) is 82.6 Å². The number of benzene rings is 6. The average molecular weight is 1120 g/mol. The Morgan fingerprint density at radius 1 is 0.476 bits per heavy atom. The fraction of sp³-hybridized carbons (Fsp3) is 0.136. The van der Waals surface area contributed by atoms with Crippen molar-refractivity contribution in [1.82, 2.24) is 28.7 Å². The van der Waals surface area contributed by atoms with Crippen molar-refractivity contribution in [1.29, 1.82) is 0 Å². The molecule has 12 rings (SSSR count). The van der Waals surface area contributed by atoms with Gasteiger partial charge in [0.2, 0.25) is 0 Å². The van der Waals surface area contributed by atoms with E-state index in [2.05, 4.69) is 37.7 Å². The van der Waals surface area contributed by atoms with Crippen molar-refractivity contribution >= 4 is 35.0 Å². The van der Waals surface area contributed by atoms with Crippen molar-refractivity contribution in [2.75, 3.05) is 13.2 Å². The minimum absolute atomic E-state index is 0.0460. The van der Waals surface area contributed by atoms with E-state index in [4.69, 9.17) is 38.7 Å². The van der Waals surface area contributed by atoms with E-state index in [0.717, 1.165) is 0 Å². The predicted octanol–water partition coefficient (Wildman–Crippen LogP) is 11.1. The van der Waals surface area contributed by atoms with Crippen molar-refractivity contribution in [3.8, 4) is 54.1 Å². The summed E-state index contributed by atoms with van der Waals surface area (Å²) in [5.74, 6) is 3.97. The molecule has 3 aliphatic heterocycles. The van der Waals surface area contributed by atoms with Crippen LogP contribution >= 0.6 is 0 Å². The molecular formula is C66H46F3N9O6. The van der Waals surface area contributed by atoms with Crippen molar-refractivity contribution in [2.24, 2.45) is 15.0 Å². The second-order valence-electron chi connectivity index (χ2n) is 19.5. The first-order valence-corrected chi connectivity index (χ1v) is 26.3. The van der Waals surface area contributed by atoms with Gasteiger partial charge in [0.15, 0.2) is 17.1 Å². The minimum Gasteiger partial charge on any atom is -0.476 e. The lowest BCUT2D eigenvalue weighted by Crippen LogP contribution is -2.15. The van der Waals surface area contributed by atoms with Gasteiger partial charge in [0.25, 0.3) is 0 Å². The number of carboxylic acids is 1. The lowest BCUT2D eigenvalue weighted by molar-refractivity contribution is 0.0386. The summed E-state index contributed by atoms with van der Waals surface area (Å²) in [4.78, 5) is 65.7. The van der Waals surface area contributed by atoms with Crippen LogP contribution in [0.25, 0.3) is 17.1 Å². The third-order valence-corrected chi connectivity index (χ3v) is 14.3. The molecule has 0 amide bonds. The number of carboxylic acid groups (broad SMARTS) is 1. The number of carbonyl (C=O) groups excluding carboxylic acids is 2. The third-order valence-electron chi connectivity index (χ3n) is 14.3. The van der Waals surface area contributed by atoms with Crippen molar-refractivity contribution < 1.29 is 42.1 Å². The van der Waals surface area contributed by atoms with Gasteiger partial charge in [-0.1, -0.05) is 54.2 Å². The van der Waals surface area contributed by atoms with Crippen LogP contribution in [0.5, 0.6) is 0 Å². The average Bonchev–Trinajstić information content (AvgIpc) is 2.58. The van der Waals surface area contributed by atoms with Crippen LogP contribution in [0.1, 0.15) is 144 Å². The molecule has 0 unspecified atom stereocenters. The van der Waals surface area contributed by atoms with Crippen LogP contribution in [0.3, 0.4) is 0 Å². The number of rotatable bonds is 10. The Morgan fingerprint density at radius 2 is 0.786 bits per heavy atom. The summed E-state index contributed by atoms with van der Waals surface area (Å²) in [7, 11) is 0. The summed E-state index contributed by atoms with van der Waals surface area (Å²) in [6.45, 7) is 5.16. The Balaban J connectivity index is 0.000000227. The van der Waals surface area contributed by atoms with Gasteiger partial charge < -0.3 is 14.6 Å². The fourth-order valence-corrected chi connectivity index (χ4v) is 10.5. The van der Waals surface area contributed by atoms with Crippen LogP contribution in [0.15, 0.2) is 161 Å². The quantitative estimate of drug-likeness (QED) is 0.0792. The highest BCUT2D eigenvalue weighted by Crippen LogP contribution is 2.37. The number of terminal acetylenes is 3. The maximum absolute atomic E-state index is 15.1. The molecule has 0 fully saturated rings. The standard InChI is InChI=1S/C45H32F2N6O4.C21H14FN3O2/c1-5-28-16-18-36-32(22-28)38(30-12-7-9-14-34(30)46)50-26(3)42-40(48-24-52(36)42)44(54)56-20-11-21-57-45(55)41-43-27(4)51-39(31-13-8-10-15-35(31)47)33-23-29(6-2)17-19-37(33)53(43)25-49-41;1-3-13-8-9-17-15(10-13)18(14-6-4-5-7-16(14)22)24-12(2)20-19(21(26)27)23-11-25(17)20/h1-2,7-10,12-19,22-27H,11,20-21H2,3-4H3;1,4-12H,2H3,(H,26,27)/t26-,27-;12-/m00/s1. The summed E-state index contributed by atoms with van der Waals surface area (Å²) in [5, 5.41) is 9.49. The Hall–Kier alpha value is -11.2. The zero-order valence-electron chi connectivity index (χ0n) is 45.1. The summed E-state index contributed by atoms with van der Waals surface area (Å²) < 4.78 is 61.1. The first-order valence-electron chi connectivity index (χ1n) is 26.3. The number of hydrogen-bond donors (Lipinski definition) is 1. The van der Waals surface area contributed by atoms with Crippen LogP contribution in [-0.2, 0) is 9.47 Å². The molecule has 84 heavy (non-hydrogen) atoms. The van der Waals surface area contributed by atoms with Gasteiger partial charge in [0, 0.05) is 56.5 Å². The molecule has 0 radical (unpaired) electrons. The molecule has 6 aromatic carbocycles. The molecule has 0 aliphatic carbocycles. The number of ether oxygens (including phenoxy) is 2. The van der Waals surface area contributed by atoms with Gasteiger partial charge in [-0.15, -0.1) is 19.3 Å². The molecule has 1 N–H and O–H groups in total. The summed E-state index contributed by atoms with van der Waals surface area (Å²) in [6, 6.07) is 33.1. The maximum Gasteiger partial charge on any atom is 0.358 e. The van der Waals surface area contributed by atoms with E-state index in [1.165, 1.54) is 37.2 Å². The molecule has 0 spiro atoms. The highest BCUT2D eigenvalue weighted by atomic mass is 19.1. The number of imidazole rings is 3. The van der Waals surface area contributed by atoms with Crippen molar-refractivity contribution in [3.05, 3.63) is 248 Å². The molecule has 3 aliphatic rings. The number of carbonyl (C=O) groups is 3. The van der Waals surface area contributed by atoms with Gasteiger partial charge in [0.1, 0.15) is 36.4 Å². The number of esters is 2. The normalized spacial score (nSPS) is 15.2. The lowest BCUT2D eigenvalue weighted by Gasteiger charge is -2.13. The van der Waals surface area contributed by atoms with Crippen LogP contribution in [0.4, 0.5) is 13.2 Å². The van der Waals surface area contributed by atoms with Crippen LogP contribution in [-0.4, -0.2) is 82.0 Å². The van der Waals surface area contributed by atoms with E-state index in [9.17, 15) is 23.9 Å². The molecule has 0 saturated heterocycles. The largest absolute Gasteiger partial charge is 0.476 e. The van der Waals surface area contributed by atoms with Gasteiger partial charge in [-0.05, 0) is 112 Å². The Labute approximate surface area is 479 Å². The van der Waals surface area contributed by atoms with E-state index in [1.807, 2.05) is 0 Å².